The van der Waals surface area contributed by atoms with Crippen LogP contribution in [0.3, 0.4) is 0 Å². The normalized spacial score (nSPS) is 13.1. The highest BCUT2D eigenvalue weighted by molar-refractivity contribution is 5.98. The summed E-state index contributed by atoms with van der Waals surface area (Å²) in [5, 5.41) is 12.5. The number of hydrogen-bond acceptors (Lipinski definition) is 3. The molecule has 0 fully saturated rings. The fraction of sp³-hybridized carbons (Fsp3) is 0.538. The second-order valence-corrected chi connectivity index (χ2v) is 5.68. The van der Waals surface area contributed by atoms with E-state index in [9.17, 15) is 14.7 Å². The van der Waals surface area contributed by atoms with Crippen LogP contribution < -0.4 is 11.1 Å². The van der Waals surface area contributed by atoms with Gasteiger partial charge < -0.3 is 20.7 Å². The highest BCUT2D eigenvalue weighted by Gasteiger charge is 2.23. The van der Waals surface area contributed by atoms with E-state index in [1.165, 1.54) is 16.8 Å². The fourth-order valence-corrected chi connectivity index (χ4v) is 1.51. The van der Waals surface area contributed by atoms with E-state index >= 15 is 0 Å². The SMILES string of the molecule is Cn1cc(C(N)=O)cc1C(=O)NCC(O)C(C)(C)C. The first kappa shape index (κ1) is 15.2. The van der Waals surface area contributed by atoms with Gasteiger partial charge in [-0.15, -0.1) is 0 Å². The lowest BCUT2D eigenvalue weighted by atomic mass is 9.89. The average molecular weight is 267 g/mol. The molecule has 0 saturated carbocycles. The summed E-state index contributed by atoms with van der Waals surface area (Å²) in [5.41, 5.74) is 5.46. The van der Waals surface area contributed by atoms with E-state index in [0.29, 0.717) is 5.69 Å². The van der Waals surface area contributed by atoms with Crippen molar-refractivity contribution in [3.8, 4) is 0 Å². The number of nitrogens with one attached hydrogen (secondary N) is 1. The van der Waals surface area contributed by atoms with Crippen molar-refractivity contribution in [1.82, 2.24) is 9.88 Å². The fourth-order valence-electron chi connectivity index (χ4n) is 1.51. The number of carbonyl (C=O) groups excluding carboxylic acids is 2. The summed E-state index contributed by atoms with van der Waals surface area (Å²) in [5.74, 6) is -0.928. The first-order chi connectivity index (χ1) is 8.62. The number of carbonyl (C=O) groups is 2. The second-order valence-electron chi connectivity index (χ2n) is 5.68. The maximum absolute atomic E-state index is 11.9. The third-order valence-electron chi connectivity index (χ3n) is 2.98. The molecule has 0 bridgehead atoms. The summed E-state index contributed by atoms with van der Waals surface area (Å²) >= 11 is 0. The van der Waals surface area contributed by atoms with Crippen LogP contribution in [-0.4, -0.2) is 34.1 Å². The van der Waals surface area contributed by atoms with Crippen molar-refractivity contribution >= 4 is 11.8 Å². The molecular weight excluding hydrogens is 246 g/mol. The zero-order valence-corrected chi connectivity index (χ0v) is 11.7. The van der Waals surface area contributed by atoms with Crippen LogP contribution in [-0.2, 0) is 7.05 Å². The number of amides is 2. The molecule has 19 heavy (non-hydrogen) atoms. The molecule has 0 aliphatic carbocycles. The van der Waals surface area contributed by atoms with E-state index in [0.717, 1.165) is 0 Å². The van der Waals surface area contributed by atoms with Gasteiger partial charge in [-0.2, -0.15) is 0 Å². The number of aliphatic hydroxyl groups excluding tert-OH is 1. The molecule has 4 N–H and O–H groups in total. The summed E-state index contributed by atoms with van der Waals surface area (Å²) in [6.45, 7) is 5.81. The molecule has 1 rings (SSSR count). The minimum atomic E-state index is -0.646. The summed E-state index contributed by atoms with van der Waals surface area (Å²) < 4.78 is 1.53. The van der Waals surface area contributed by atoms with Crippen LogP contribution >= 0.6 is 0 Å². The van der Waals surface area contributed by atoms with Crippen molar-refractivity contribution in [3.05, 3.63) is 23.5 Å². The lowest BCUT2D eigenvalue weighted by Gasteiger charge is -2.25. The Balaban J connectivity index is 2.72. The first-order valence-electron chi connectivity index (χ1n) is 6.05. The van der Waals surface area contributed by atoms with Crippen molar-refractivity contribution in [2.45, 2.75) is 26.9 Å². The minimum absolute atomic E-state index is 0.152. The van der Waals surface area contributed by atoms with Crippen molar-refractivity contribution in [2.24, 2.45) is 18.2 Å². The van der Waals surface area contributed by atoms with Crippen molar-refractivity contribution < 1.29 is 14.7 Å². The van der Waals surface area contributed by atoms with Gasteiger partial charge in [-0.3, -0.25) is 9.59 Å². The third-order valence-corrected chi connectivity index (χ3v) is 2.98. The molecule has 1 atom stereocenters. The number of aromatic nitrogens is 1. The van der Waals surface area contributed by atoms with Crippen LogP contribution in [0.2, 0.25) is 0 Å². The summed E-state index contributed by atoms with van der Waals surface area (Å²) in [6.07, 6.45) is 0.851. The van der Waals surface area contributed by atoms with Crippen LogP contribution in [0.25, 0.3) is 0 Å². The van der Waals surface area contributed by atoms with Crippen LogP contribution in [0, 0.1) is 5.41 Å². The van der Waals surface area contributed by atoms with Gasteiger partial charge in [0.05, 0.1) is 11.7 Å². The molecule has 0 spiro atoms. The molecule has 0 radical (unpaired) electrons. The van der Waals surface area contributed by atoms with Gasteiger partial charge in [-0.1, -0.05) is 20.8 Å². The molecule has 0 aromatic carbocycles. The number of hydrogen-bond donors (Lipinski definition) is 3. The van der Waals surface area contributed by atoms with Gasteiger partial charge in [0.25, 0.3) is 5.91 Å². The van der Waals surface area contributed by atoms with E-state index < -0.39 is 12.0 Å². The molecule has 6 nitrogen and oxygen atoms in total. The van der Waals surface area contributed by atoms with Gasteiger partial charge in [0.15, 0.2) is 0 Å². The van der Waals surface area contributed by atoms with E-state index in [2.05, 4.69) is 5.32 Å². The predicted octanol–water partition coefficient (Wildman–Crippen LogP) is 0.261. The molecule has 1 aromatic rings. The minimum Gasteiger partial charge on any atom is -0.391 e. The molecule has 6 heteroatoms. The Bertz CT molecular complexity index is 486. The molecule has 1 aromatic heterocycles. The summed E-state index contributed by atoms with van der Waals surface area (Å²) in [6, 6.07) is 1.43. The van der Waals surface area contributed by atoms with E-state index in [-0.39, 0.29) is 23.4 Å². The lowest BCUT2D eigenvalue weighted by Crippen LogP contribution is -2.39. The van der Waals surface area contributed by atoms with Crippen LogP contribution in [0.5, 0.6) is 0 Å². The van der Waals surface area contributed by atoms with Gasteiger partial charge in [-0.05, 0) is 11.5 Å². The van der Waals surface area contributed by atoms with Gasteiger partial charge in [-0.25, -0.2) is 0 Å². The van der Waals surface area contributed by atoms with Crippen molar-refractivity contribution in [3.63, 3.8) is 0 Å². The Morgan fingerprint density at radius 1 is 1.47 bits per heavy atom. The van der Waals surface area contributed by atoms with Gasteiger partial charge in [0, 0.05) is 19.8 Å². The van der Waals surface area contributed by atoms with Gasteiger partial charge in [0.2, 0.25) is 5.91 Å². The molecule has 1 unspecified atom stereocenters. The van der Waals surface area contributed by atoms with Crippen LogP contribution in [0.1, 0.15) is 41.6 Å². The van der Waals surface area contributed by atoms with Crippen molar-refractivity contribution in [1.29, 1.82) is 0 Å². The van der Waals surface area contributed by atoms with Crippen LogP contribution in [0.15, 0.2) is 12.3 Å². The van der Waals surface area contributed by atoms with E-state index in [4.69, 9.17) is 5.73 Å². The second kappa shape index (κ2) is 5.44. The molecule has 0 aliphatic rings. The zero-order valence-electron chi connectivity index (χ0n) is 11.7. The number of nitrogens with two attached hydrogens (primary N) is 1. The van der Waals surface area contributed by atoms with Crippen molar-refractivity contribution in [2.75, 3.05) is 6.54 Å². The first-order valence-corrected chi connectivity index (χ1v) is 6.05. The Kier molecular flexibility index (Phi) is 4.36. The quantitative estimate of drug-likeness (QED) is 0.730. The predicted molar refractivity (Wildman–Crippen MR) is 71.7 cm³/mol. The summed E-state index contributed by atoms with van der Waals surface area (Å²) in [7, 11) is 1.65. The monoisotopic (exact) mass is 267 g/mol. The zero-order chi connectivity index (χ0) is 14.8. The smallest absolute Gasteiger partial charge is 0.268 e. The molecule has 0 saturated heterocycles. The lowest BCUT2D eigenvalue weighted by molar-refractivity contribution is 0.0584. The Hall–Kier alpha value is -1.82. The average Bonchev–Trinajstić information content (AvgIpc) is 2.66. The summed E-state index contributed by atoms with van der Waals surface area (Å²) in [4.78, 5) is 23.0. The third kappa shape index (κ3) is 3.82. The largest absolute Gasteiger partial charge is 0.391 e. The maximum Gasteiger partial charge on any atom is 0.268 e. The Morgan fingerprint density at radius 3 is 2.47 bits per heavy atom. The molecular formula is C13H21N3O3. The van der Waals surface area contributed by atoms with Crippen LogP contribution in [0.4, 0.5) is 0 Å². The number of primary amides is 1. The standard InChI is InChI=1S/C13H21N3O3/c1-13(2,3)10(17)6-15-12(19)9-5-8(11(14)18)7-16(9)4/h5,7,10,17H,6H2,1-4H3,(H2,14,18)(H,15,19). The molecule has 1 heterocycles. The Morgan fingerprint density at radius 2 is 2.05 bits per heavy atom. The Labute approximate surface area is 112 Å². The molecule has 2 amide bonds. The van der Waals surface area contributed by atoms with E-state index in [1.807, 2.05) is 20.8 Å². The van der Waals surface area contributed by atoms with Gasteiger partial charge >= 0.3 is 0 Å². The molecule has 0 aliphatic heterocycles. The highest BCUT2D eigenvalue weighted by Crippen LogP contribution is 2.18. The number of aliphatic hydroxyl groups is 1. The number of rotatable bonds is 4. The maximum atomic E-state index is 11.9. The number of nitrogens with zero attached hydrogens (tertiary/aromatic N) is 1. The highest BCUT2D eigenvalue weighted by atomic mass is 16.3. The number of aryl methyl sites for hydroxylation is 1. The topological polar surface area (TPSA) is 97.4 Å². The van der Waals surface area contributed by atoms with E-state index in [1.54, 1.807) is 7.05 Å². The van der Waals surface area contributed by atoms with Gasteiger partial charge in [0.1, 0.15) is 5.69 Å². The molecule has 106 valence electrons.